The molecule has 1 N–H and O–H groups in total. The Morgan fingerprint density at radius 2 is 1.68 bits per heavy atom. The molecule has 0 spiro atoms. The largest absolute Gasteiger partial charge is 0.366 e. The molecule has 0 bridgehead atoms. The van der Waals surface area contributed by atoms with E-state index in [0.29, 0.717) is 12.0 Å². The number of fused-ring (bicyclic) bond motifs is 1. The Kier molecular flexibility index (Phi) is 4.39. The van der Waals surface area contributed by atoms with Gasteiger partial charge in [0, 0.05) is 17.0 Å². The summed E-state index contributed by atoms with van der Waals surface area (Å²) in [5.74, 6) is 2.45. The lowest BCUT2D eigenvalue weighted by molar-refractivity contribution is 0.349. The van der Waals surface area contributed by atoms with E-state index in [-0.39, 0.29) is 0 Å². The minimum absolute atomic E-state index is 0.498. The van der Waals surface area contributed by atoms with Crippen molar-refractivity contribution >= 4 is 16.7 Å². The molecule has 0 radical (unpaired) electrons. The van der Waals surface area contributed by atoms with Crippen molar-refractivity contribution < 1.29 is 0 Å². The first kappa shape index (κ1) is 16.1. The first-order valence-electron chi connectivity index (χ1n) is 9.31. The summed E-state index contributed by atoms with van der Waals surface area (Å²) in [5, 5.41) is 4.85. The summed E-state index contributed by atoms with van der Waals surface area (Å²) in [5.41, 5.74) is 3.31. The van der Waals surface area contributed by atoms with E-state index in [0.717, 1.165) is 28.1 Å². The van der Waals surface area contributed by atoms with Crippen molar-refractivity contribution in [2.24, 2.45) is 5.92 Å². The molecule has 0 saturated heterocycles. The Morgan fingerprint density at radius 1 is 0.920 bits per heavy atom. The number of nitrogens with zero attached hydrogens (tertiary/aromatic N) is 2. The summed E-state index contributed by atoms with van der Waals surface area (Å²) >= 11 is 0. The van der Waals surface area contributed by atoms with Gasteiger partial charge in [-0.05, 0) is 37.8 Å². The molecular formula is C22H25N3. The molecule has 3 nitrogen and oxygen atoms in total. The standard InChI is InChI=1S/C22H25N3/c1-15-11-13-17(14-12-15)21-24-20-10-6-4-8-18(20)22(25-21)23-19-9-5-3-7-16(19)2/h4,6,8,10-14,16,19H,3,5,7,9H2,1-2H3,(H,23,24,25)/t16-,19-/m0/s1. The van der Waals surface area contributed by atoms with Crippen LogP contribution in [0.25, 0.3) is 22.3 Å². The summed E-state index contributed by atoms with van der Waals surface area (Å²) in [4.78, 5) is 9.70. The van der Waals surface area contributed by atoms with Crippen LogP contribution < -0.4 is 5.32 Å². The monoisotopic (exact) mass is 331 g/mol. The lowest BCUT2D eigenvalue weighted by Gasteiger charge is -2.30. The van der Waals surface area contributed by atoms with Gasteiger partial charge in [-0.1, -0.05) is 61.7 Å². The van der Waals surface area contributed by atoms with Gasteiger partial charge < -0.3 is 5.32 Å². The second kappa shape index (κ2) is 6.83. The minimum Gasteiger partial charge on any atom is -0.366 e. The lowest BCUT2D eigenvalue weighted by Crippen LogP contribution is -2.30. The molecule has 0 amide bonds. The Labute approximate surface area is 149 Å². The fraction of sp³-hybridized carbons (Fsp3) is 0.364. The Bertz CT molecular complexity index is 870. The average Bonchev–Trinajstić information content (AvgIpc) is 2.64. The molecular weight excluding hydrogens is 306 g/mol. The fourth-order valence-electron chi connectivity index (χ4n) is 3.72. The number of hydrogen-bond donors (Lipinski definition) is 1. The highest BCUT2D eigenvalue weighted by Gasteiger charge is 2.22. The van der Waals surface area contributed by atoms with Gasteiger partial charge in [0.25, 0.3) is 0 Å². The molecule has 1 aromatic heterocycles. The van der Waals surface area contributed by atoms with Crippen molar-refractivity contribution in [3.8, 4) is 11.4 Å². The first-order valence-corrected chi connectivity index (χ1v) is 9.31. The number of aryl methyl sites for hydroxylation is 1. The van der Waals surface area contributed by atoms with Crippen LogP contribution >= 0.6 is 0 Å². The van der Waals surface area contributed by atoms with Crippen LogP contribution in [0.1, 0.15) is 38.2 Å². The van der Waals surface area contributed by atoms with E-state index in [1.165, 1.54) is 31.2 Å². The number of hydrogen-bond acceptors (Lipinski definition) is 3. The molecule has 128 valence electrons. The molecule has 0 aliphatic heterocycles. The van der Waals surface area contributed by atoms with Gasteiger partial charge in [-0.2, -0.15) is 0 Å². The van der Waals surface area contributed by atoms with Gasteiger partial charge in [0.2, 0.25) is 0 Å². The van der Waals surface area contributed by atoms with Crippen LogP contribution in [-0.4, -0.2) is 16.0 Å². The van der Waals surface area contributed by atoms with E-state index in [4.69, 9.17) is 9.97 Å². The first-order chi connectivity index (χ1) is 12.2. The zero-order valence-corrected chi connectivity index (χ0v) is 15.0. The van der Waals surface area contributed by atoms with Crippen molar-refractivity contribution in [1.29, 1.82) is 0 Å². The molecule has 1 saturated carbocycles. The fourth-order valence-corrected chi connectivity index (χ4v) is 3.72. The minimum atomic E-state index is 0.498. The van der Waals surface area contributed by atoms with Gasteiger partial charge in [0.1, 0.15) is 5.82 Å². The maximum Gasteiger partial charge on any atom is 0.162 e. The Hall–Kier alpha value is -2.42. The van der Waals surface area contributed by atoms with Crippen molar-refractivity contribution in [2.75, 3.05) is 5.32 Å². The average molecular weight is 331 g/mol. The number of anilines is 1. The van der Waals surface area contributed by atoms with Crippen molar-refractivity contribution in [3.05, 3.63) is 54.1 Å². The SMILES string of the molecule is Cc1ccc(-c2nc(N[C@H]3CCCC[C@@H]3C)c3ccccc3n2)cc1. The van der Waals surface area contributed by atoms with Gasteiger partial charge >= 0.3 is 0 Å². The molecule has 2 atom stereocenters. The number of nitrogens with one attached hydrogen (secondary N) is 1. The van der Waals surface area contributed by atoms with Crippen LogP contribution in [-0.2, 0) is 0 Å². The second-order valence-corrected chi connectivity index (χ2v) is 7.29. The van der Waals surface area contributed by atoms with E-state index in [9.17, 15) is 0 Å². The quantitative estimate of drug-likeness (QED) is 0.679. The molecule has 4 rings (SSSR count). The van der Waals surface area contributed by atoms with E-state index in [1.54, 1.807) is 0 Å². The third-order valence-electron chi connectivity index (χ3n) is 5.35. The summed E-state index contributed by atoms with van der Waals surface area (Å²) in [6.45, 7) is 4.45. The zero-order valence-electron chi connectivity index (χ0n) is 15.0. The molecule has 3 heteroatoms. The van der Waals surface area contributed by atoms with Crippen LogP contribution in [0.2, 0.25) is 0 Å². The van der Waals surface area contributed by atoms with E-state index in [1.807, 2.05) is 6.07 Å². The molecule has 1 aliphatic rings. The summed E-state index contributed by atoms with van der Waals surface area (Å²) in [7, 11) is 0. The highest BCUT2D eigenvalue weighted by atomic mass is 15.1. The molecule has 2 aromatic carbocycles. The molecule has 25 heavy (non-hydrogen) atoms. The van der Waals surface area contributed by atoms with Gasteiger partial charge in [0.05, 0.1) is 5.52 Å². The normalized spacial score (nSPS) is 20.6. The van der Waals surface area contributed by atoms with Crippen LogP contribution in [0.4, 0.5) is 5.82 Å². The highest BCUT2D eigenvalue weighted by Crippen LogP contribution is 2.30. The summed E-state index contributed by atoms with van der Waals surface area (Å²) in [6.07, 6.45) is 5.17. The number of rotatable bonds is 3. The molecule has 1 fully saturated rings. The molecule has 0 unspecified atom stereocenters. The predicted molar refractivity (Wildman–Crippen MR) is 105 cm³/mol. The number of aromatic nitrogens is 2. The topological polar surface area (TPSA) is 37.8 Å². The van der Waals surface area contributed by atoms with Crippen LogP contribution in [0.15, 0.2) is 48.5 Å². The maximum absolute atomic E-state index is 4.91. The zero-order chi connectivity index (χ0) is 17.2. The van der Waals surface area contributed by atoms with E-state index in [2.05, 4.69) is 61.6 Å². The maximum atomic E-state index is 4.91. The van der Waals surface area contributed by atoms with E-state index < -0.39 is 0 Å². The third kappa shape index (κ3) is 3.37. The van der Waals surface area contributed by atoms with Crippen molar-refractivity contribution in [1.82, 2.24) is 9.97 Å². The lowest BCUT2D eigenvalue weighted by atomic mass is 9.86. The number of para-hydroxylation sites is 1. The van der Waals surface area contributed by atoms with Gasteiger partial charge in [-0.3, -0.25) is 0 Å². The predicted octanol–water partition coefficient (Wildman–Crippen LogP) is 5.60. The Morgan fingerprint density at radius 3 is 2.48 bits per heavy atom. The smallest absolute Gasteiger partial charge is 0.162 e. The van der Waals surface area contributed by atoms with Crippen molar-refractivity contribution in [2.45, 2.75) is 45.6 Å². The highest BCUT2D eigenvalue weighted by molar-refractivity contribution is 5.90. The van der Waals surface area contributed by atoms with Crippen molar-refractivity contribution in [3.63, 3.8) is 0 Å². The van der Waals surface area contributed by atoms with Crippen LogP contribution in [0.3, 0.4) is 0 Å². The second-order valence-electron chi connectivity index (χ2n) is 7.29. The Balaban J connectivity index is 1.77. The number of benzene rings is 2. The third-order valence-corrected chi connectivity index (χ3v) is 5.35. The van der Waals surface area contributed by atoms with Gasteiger partial charge in [-0.15, -0.1) is 0 Å². The van der Waals surface area contributed by atoms with Crippen LogP contribution in [0, 0.1) is 12.8 Å². The summed E-state index contributed by atoms with van der Waals surface area (Å²) in [6, 6.07) is 17.2. The molecule has 1 heterocycles. The van der Waals surface area contributed by atoms with Gasteiger partial charge in [-0.25, -0.2) is 9.97 Å². The van der Waals surface area contributed by atoms with Crippen LogP contribution in [0.5, 0.6) is 0 Å². The summed E-state index contributed by atoms with van der Waals surface area (Å²) < 4.78 is 0. The van der Waals surface area contributed by atoms with Gasteiger partial charge in [0.15, 0.2) is 5.82 Å². The molecule has 1 aliphatic carbocycles. The molecule has 3 aromatic rings. The van der Waals surface area contributed by atoms with E-state index >= 15 is 0 Å².